The van der Waals surface area contributed by atoms with Gasteiger partial charge >= 0.3 is 0 Å². The van der Waals surface area contributed by atoms with Crippen molar-refractivity contribution in [2.75, 3.05) is 44.7 Å². The summed E-state index contributed by atoms with van der Waals surface area (Å²) in [7, 11) is -0.724. The third kappa shape index (κ3) is 3.42. The molecule has 0 aromatic heterocycles. The second kappa shape index (κ2) is 5.24. The quantitative estimate of drug-likeness (QED) is 0.799. The van der Waals surface area contributed by atoms with Crippen LogP contribution in [0.3, 0.4) is 0 Å². The average Bonchev–Trinajstić information content (AvgIpc) is 2.71. The number of nitrogens with one attached hydrogen (secondary N) is 1. The molecule has 5 heteroatoms. The van der Waals surface area contributed by atoms with Gasteiger partial charge in [0, 0.05) is 26.2 Å². The van der Waals surface area contributed by atoms with Crippen LogP contribution in [0.4, 0.5) is 0 Å². The summed E-state index contributed by atoms with van der Waals surface area (Å²) in [5.41, 5.74) is 0.399. The molecule has 0 spiro atoms. The van der Waals surface area contributed by atoms with E-state index in [0.29, 0.717) is 16.9 Å². The van der Waals surface area contributed by atoms with Crippen LogP contribution < -0.4 is 5.32 Å². The van der Waals surface area contributed by atoms with E-state index in [0.717, 1.165) is 26.2 Å². The van der Waals surface area contributed by atoms with Crippen LogP contribution >= 0.6 is 0 Å². The molecule has 0 bridgehead atoms. The molecule has 0 unspecified atom stereocenters. The fourth-order valence-corrected chi connectivity index (χ4v) is 4.55. The summed E-state index contributed by atoms with van der Waals surface area (Å²) in [5.74, 6) is 0.700. The van der Waals surface area contributed by atoms with Gasteiger partial charge in [-0.05, 0) is 25.3 Å². The predicted molar refractivity (Wildman–Crippen MR) is 69.9 cm³/mol. The van der Waals surface area contributed by atoms with Gasteiger partial charge in [0.2, 0.25) is 0 Å². The molecule has 4 nitrogen and oxygen atoms in total. The van der Waals surface area contributed by atoms with Crippen molar-refractivity contribution >= 4 is 9.84 Å². The highest BCUT2D eigenvalue weighted by Gasteiger charge is 2.36. The van der Waals surface area contributed by atoms with E-state index < -0.39 is 9.84 Å². The lowest BCUT2D eigenvalue weighted by atomic mass is 9.85. The second-order valence-corrected chi connectivity index (χ2v) is 7.97. The Hall–Kier alpha value is -0.130. The van der Waals surface area contributed by atoms with E-state index in [1.807, 2.05) is 7.05 Å². The van der Waals surface area contributed by atoms with Crippen LogP contribution in [0, 0.1) is 5.41 Å². The Kier molecular flexibility index (Phi) is 4.10. The van der Waals surface area contributed by atoms with Crippen LogP contribution in [0.5, 0.6) is 0 Å². The predicted octanol–water partition coefficient (Wildman–Crippen LogP) is 0.497. The molecule has 0 atom stereocenters. The molecular formula is C12H24N2O2S. The van der Waals surface area contributed by atoms with Gasteiger partial charge in [0.1, 0.15) is 0 Å². The highest BCUT2D eigenvalue weighted by Crippen LogP contribution is 2.38. The molecule has 1 aliphatic carbocycles. The first kappa shape index (κ1) is 13.3. The average molecular weight is 260 g/mol. The van der Waals surface area contributed by atoms with Crippen LogP contribution in [0.25, 0.3) is 0 Å². The molecule has 100 valence electrons. The van der Waals surface area contributed by atoms with Crippen molar-refractivity contribution in [2.45, 2.75) is 25.7 Å². The van der Waals surface area contributed by atoms with Gasteiger partial charge in [0.25, 0.3) is 0 Å². The number of sulfone groups is 1. The molecule has 2 rings (SSSR count). The molecule has 1 aliphatic heterocycles. The first-order valence-electron chi connectivity index (χ1n) is 6.63. The summed E-state index contributed by atoms with van der Waals surface area (Å²) in [5, 5.41) is 3.31. The van der Waals surface area contributed by atoms with Crippen molar-refractivity contribution in [1.29, 1.82) is 0 Å². The molecular weight excluding hydrogens is 236 g/mol. The molecule has 0 aromatic carbocycles. The maximum absolute atomic E-state index is 11.4. The van der Waals surface area contributed by atoms with Crippen molar-refractivity contribution in [3.63, 3.8) is 0 Å². The van der Waals surface area contributed by atoms with Crippen LogP contribution in [-0.4, -0.2) is 58.1 Å². The standard InChI is InChI=1S/C12H24N2O2S/c1-13-10-12(4-2-3-5-12)11-14-6-8-17(15,16)9-7-14/h13H,2-11H2,1H3. The van der Waals surface area contributed by atoms with Gasteiger partial charge in [-0.15, -0.1) is 0 Å². The molecule has 1 N–H and O–H groups in total. The van der Waals surface area contributed by atoms with Crippen LogP contribution in [0.15, 0.2) is 0 Å². The normalized spacial score (nSPS) is 28.3. The van der Waals surface area contributed by atoms with Crippen molar-refractivity contribution < 1.29 is 8.42 Å². The lowest BCUT2D eigenvalue weighted by Crippen LogP contribution is -2.47. The van der Waals surface area contributed by atoms with Crippen molar-refractivity contribution in [3.8, 4) is 0 Å². The third-order valence-corrected chi connectivity index (χ3v) is 5.82. The van der Waals surface area contributed by atoms with Crippen molar-refractivity contribution in [2.24, 2.45) is 5.41 Å². The smallest absolute Gasteiger partial charge is 0.152 e. The van der Waals surface area contributed by atoms with E-state index >= 15 is 0 Å². The lowest BCUT2D eigenvalue weighted by molar-refractivity contribution is 0.159. The van der Waals surface area contributed by atoms with Crippen molar-refractivity contribution in [1.82, 2.24) is 10.2 Å². The maximum atomic E-state index is 11.4. The molecule has 1 saturated carbocycles. The molecule has 2 fully saturated rings. The fraction of sp³-hybridized carbons (Fsp3) is 1.00. The first-order chi connectivity index (χ1) is 8.05. The molecule has 0 amide bonds. The minimum Gasteiger partial charge on any atom is -0.319 e. The van der Waals surface area contributed by atoms with Crippen LogP contribution in [0.2, 0.25) is 0 Å². The van der Waals surface area contributed by atoms with Crippen molar-refractivity contribution in [3.05, 3.63) is 0 Å². The summed E-state index contributed by atoms with van der Waals surface area (Å²) >= 11 is 0. The Morgan fingerprint density at radius 3 is 2.29 bits per heavy atom. The van der Waals surface area contributed by atoms with E-state index in [9.17, 15) is 8.42 Å². The van der Waals surface area contributed by atoms with Gasteiger partial charge in [-0.2, -0.15) is 0 Å². The van der Waals surface area contributed by atoms with Gasteiger partial charge in [0.15, 0.2) is 9.84 Å². The van der Waals surface area contributed by atoms with Gasteiger partial charge in [-0.25, -0.2) is 8.42 Å². The van der Waals surface area contributed by atoms with Gasteiger partial charge < -0.3 is 10.2 Å². The van der Waals surface area contributed by atoms with E-state index in [4.69, 9.17) is 0 Å². The van der Waals surface area contributed by atoms with Gasteiger partial charge in [-0.1, -0.05) is 12.8 Å². The molecule has 0 aromatic rings. The maximum Gasteiger partial charge on any atom is 0.152 e. The SMILES string of the molecule is CNCC1(CN2CCS(=O)(=O)CC2)CCCC1. The number of rotatable bonds is 4. The minimum atomic E-state index is -2.74. The molecule has 1 saturated heterocycles. The fourth-order valence-electron chi connectivity index (χ4n) is 3.27. The van der Waals surface area contributed by atoms with E-state index in [1.165, 1.54) is 25.7 Å². The Bertz CT molecular complexity index is 334. The Morgan fingerprint density at radius 1 is 1.18 bits per heavy atom. The Morgan fingerprint density at radius 2 is 1.76 bits per heavy atom. The Balaban J connectivity index is 1.91. The minimum absolute atomic E-state index is 0.350. The van der Waals surface area contributed by atoms with E-state index in [-0.39, 0.29) is 0 Å². The Labute approximate surface area is 105 Å². The highest BCUT2D eigenvalue weighted by atomic mass is 32.2. The van der Waals surface area contributed by atoms with Gasteiger partial charge in [-0.3, -0.25) is 0 Å². The van der Waals surface area contributed by atoms with E-state index in [1.54, 1.807) is 0 Å². The lowest BCUT2D eigenvalue weighted by Gasteiger charge is -2.37. The number of hydrogen-bond donors (Lipinski definition) is 1. The summed E-state index contributed by atoms with van der Waals surface area (Å²) in [6.45, 7) is 3.60. The largest absolute Gasteiger partial charge is 0.319 e. The summed E-state index contributed by atoms with van der Waals surface area (Å²) < 4.78 is 22.8. The molecule has 17 heavy (non-hydrogen) atoms. The molecule has 1 heterocycles. The number of nitrogens with zero attached hydrogens (tertiary/aromatic N) is 1. The first-order valence-corrected chi connectivity index (χ1v) is 8.45. The van der Waals surface area contributed by atoms with Crippen LogP contribution in [0.1, 0.15) is 25.7 Å². The molecule has 0 radical (unpaired) electrons. The summed E-state index contributed by atoms with van der Waals surface area (Å²) in [6, 6.07) is 0. The topological polar surface area (TPSA) is 49.4 Å². The zero-order valence-corrected chi connectivity index (χ0v) is 11.6. The third-order valence-electron chi connectivity index (χ3n) is 4.21. The second-order valence-electron chi connectivity index (χ2n) is 5.67. The van der Waals surface area contributed by atoms with E-state index in [2.05, 4.69) is 10.2 Å². The monoisotopic (exact) mass is 260 g/mol. The summed E-state index contributed by atoms with van der Waals surface area (Å²) in [6.07, 6.45) is 5.23. The summed E-state index contributed by atoms with van der Waals surface area (Å²) in [4.78, 5) is 2.35. The zero-order valence-electron chi connectivity index (χ0n) is 10.7. The number of hydrogen-bond acceptors (Lipinski definition) is 4. The molecule has 2 aliphatic rings. The zero-order chi connectivity index (χ0) is 12.4. The highest BCUT2D eigenvalue weighted by molar-refractivity contribution is 7.91. The van der Waals surface area contributed by atoms with Gasteiger partial charge in [0.05, 0.1) is 11.5 Å². The van der Waals surface area contributed by atoms with Crippen LogP contribution in [-0.2, 0) is 9.84 Å².